The van der Waals surface area contributed by atoms with Crippen LogP contribution in [0.5, 0.6) is 0 Å². The molecule has 0 heterocycles. The van der Waals surface area contributed by atoms with Crippen molar-refractivity contribution in [3.8, 4) is 0 Å². The molecule has 1 aliphatic carbocycles. The van der Waals surface area contributed by atoms with Gasteiger partial charge in [0, 0.05) is 11.5 Å². The van der Waals surface area contributed by atoms with Gasteiger partial charge in [-0.1, -0.05) is 26.0 Å². The van der Waals surface area contributed by atoms with Gasteiger partial charge in [-0.15, -0.1) is 0 Å². The molecule has 2 rings (SSSR count). The number of rotatable bonds is 4. The molecule has 1 aromatic carbocycles. The fourth-order valence-electron chi connectivity index (χ4n) is 2.43. The number of benzene rings is 1. The molecule has 0 radical (unpaired) electrons. The van der Waals surface area contributed by atoms with E-state index in [1.807, 2.05) is 18.2 Å². The van der Waals surface area contributed by atoms with E-state index in [0.717, 1.165) is 19.3 Å². The number of carbonyl (C=O) groups excluding carboxylic acids is 1. The summed E-state index contributed by atoms with van der Waals surface area (Å²) in [7, 11) is 0. The molecule has 0 spiro atoms. The van der Waals surface area contributed by atoms with Gasteiger partial charge >= 0.3 is 5.97 Å². The number of carbonyl (C=O) groups is 2. The van der Waals surface area contributed by atoms with Crippen molar-refractivity contribution in [2.75, 3.05) is 0 Å². The SMILES string of the molecule is CC(C(=O)O)C(C)C(=O)c1ccc2c(c1)CCC2. The van der Waals surface area contributed by atoms with Crippen molar-refractivity contribution in [3.63, 3.8) is 0 Å². The lowest BCUT2D eigenvalue weighted by molar-refractivity contribution is -0.142. The van der Waals surface area contributed by atoms with E-state index in [2.05, 4.69) is 0 Å². The van der Waals surface area contributed by atoms with Gasteiger partial charge in [0.2, 0.25) is 0 Å². The molecule has 1 N–H and O–H groups in total. The molecule has 0 bridgehead atoms. The van der Waals surface area contributed by atoms with Crippen LogP contribution in [0.25, 0.3) is 0 Å². The van der Waals surface area contributed by atoms with Crippen molar-refractivity contribution >= 4 is 11.8 Å². The zero-order chi connectivity index (χ0) is 13.3. The first-order chi connectivity index (χ1) is 8.50. The summed E-state index contributed by atoms with van der Waals surface area (Å²) in [5.41, 5.74) is 3.22. The zero-order valence-electron chi connectivity index (χ0n) is 10.8. The van der Waals surface area contributed by atoms with E-state index in [4.69, 9.17) is 5.11 Å². The Morgan fingerprint density at radius 2 is 1.78 bits per heavy atom. The second-order valence-corrected chi connectivity index (χ2v) is 5.12. The van der Waals surface area contributed by atoms with Crippen molar-refractivity contribution in [2.24, 2.45) is 11.8 Å². The van der Waals surface area contributed by atoms with Crippen LogP contribution in [0.15, 0.2) is 18.2 Å². The molecule has 1 aromatic rings. The molecule has 0 aliphatic heterocycles. The van der Waals surface area contributed by atoms with E-state index in [1.54, 1.807) is 13.8 Å². The standard InChI is InChI=1S/C15H18O3/c1-9(10(2)15(17)18)14(16)13-7-6-11-4-3-5-12(11)8-13/h6-10H,3-5H2,1-2H3,(H,17,18). The van der Waals surface area contributed by atoms with E-state index in [0.29, 0.717) is 5.56 Å². The number of carboxylic acids is 1. The Balaban J connectivity index is 2.21. The minimum Gasteiger partial charge on any atom is -0.481 e. The molecule has 3 nitrogen and oxygen atoms in total. The molecule has 0 saturated carbocycles. The summed E-state index contributed by atoms with van der Waals surface area (Å²) in [5, 5.41) is 8.95. The van der Waals surface area contributed by atoms with Gasteiger partial charge in [-0.05, 0) is 36.5 Å². The summed E-state index contributed by atoms with van der Waals surface area (Å²) in [6.45, 7) is 3.27. The summed E-state index contributed by atoms with van der Waals surface area (Å²) >= 11 is 0. The Hall–Kier alpha value is -1.64. The summed E-state index contributed by atoms with van der Waals surface area (Å²) in [5.74, 6) is -2.12. The van der Waals surface area contributed by atoms with E-state index < -0.39 is 17.8 Å². The Kier molecular flexibility index (Phi) is 3.50. The highest BCUT2D eigenvalue weighted by atomic mass is 16.4. The topological polar surface area (TPSA) is 54.4 Å². The Bertz CT molecular complexity index is 491. The highest BCUT2D eigenvalue weighted by Gasteiger charge is 2.27. The number of carboxylic acid groups (broad SMARTS) is 1. The van der Waals surface area contributed by atoms with E-state index in [1.165, 1.54) is 11.1 Å². The second kappa shape index (κ2) is 4.92. The van der Waals surface area contributed by atoms with Crippen molar-refractivity contribution in [2.45, 2.75) is 33.1 Å². The maximum absolute atomic E-state index is 12.2. The monoisotopic (exact) mass is 246 g/mol. The number of Topliss-reactive ketones (excluding diaryl/α,β-unsaturated/α-hetero) is 1. The van der Waals surface area contributed by atoms with E-state index in [-0.39, 0.29) is 5.78 Å². The minimum atomic E-state index is -0.919. The van der Waals surface area contributed by atoms with Crippen LogP contribution in [0.2, 0.25) is 0 Å². The highest BCUT2D eigenvalue weighted by molar-refractivity contribution is 5.99. The molecule has 2 unspecified atom stereocenters. The highest BCUT2D eigenvalue weighted by Crippen LogP contribution is 2.25. The predicted molar refractivity (Wildman–Crippen MR) is 68.8 cm³/mol. The van der Waals surface area contributed by atoms with Crippen LogP contribution < -0.4 is 0 Å². The van der Waals surface area contributed by atoms with Gasteiger partial charge < -0.3 is 5.11 Å². The molecule has 3 heteroatoms. The van der Waals surface area contributed by atoms with E-state index >= 15 is 0 Å². The van der Waals surface area contributed by atoms with Crippen LogP contribution in [0.4, 0.5) is 0 Å². The maximum atomic E-state index is 12.2. The van der Waals surface area contributed by atoms with Gasteiger partial charge in [0.05, 0.1) is 5.92 Å². The predicted octanol–water partition coefficient (Wildman–Crippen LogP) is 2.71. The molecule has 96 valence electrons. The molecule has 18 heavy (non-hydrogen) atoms. The lowest BCUT2D eigenvalue weighted by atomic mass is 9.87. The Labute approximate surface area is 107 Å². The van der Waals surface area contributed by atoms with Crippen molar-refractivity contribution in [3.05, 3.63) is 34.9 Å². The molecule has 0 aromatic heterocycles. The third-order valence-electron chi connectivity index (χ3n) is 3.94. The maximum Gasteiger partial charge on any atom is 0.306 e. The van der Waals surface area contributed by atoms with Gasteiger partial charge in [0.15, 0.2) is 5.78 Å². The average molecular weight is 246 g/mol. The first-order valence-corrected chi connectivity index (χ1v) is 6.39. The van der Waals surface area contributed by atoms with Gasteiger partial charge in [0.25, 0.3) is 0 Å². The summed E-state index contributed by atoms with van der Waals surface area (Å²) in [4.78, 5) is 23.1. The van der Waals surface area contributed by atoms with Gasteiger partial charge in [-0.25, -0.2) is 0 Å². The van der Waals surface area contributed by atoms with Crippen LogP contribution >= 0.6 is 0 Å². The van der Waals surface area contributed by atoms with Crippen molar-refractivity contribution in [1.82, 2.24) is 0 Å². The number of hydrogen-bond donors (Lipinski definition) is 1. The number of aryl methyl sites for hydroxylation is 2. The largest absolute Gasteiger partial charge is 0.481 e. The molecular formula is C15H18O3. The summed E-state index contributed by atoms with van der Waals surface area (Å²) in [6.07, 6.45) is 3.26. The van der Waals surface area contributed by atoms with Crippen LogP contribution in [0.3, 0.4) is 0 Å². The molecule has 1 aliphatic rings. The van der Waals surface area contributed by atoms with Crippen LogP contribution in [0.1, 0.15) is 41.8 Å². The first-order valence-electron chi connectivity index (χ1n) is 6.39. The van der Waals surface area contributed by atoms with Gasteiger partial charge in [-0.2, -0.15) is 0 Å². The number of fused-ring (bicyclic) bond motifs is 1. The normalized spacial score (nSPS) is 17.0. The first kappa shape index (κ1) is 12.8. The molecular weight excluding hydrogens is 228 g/mol. The lowest BCUT2D eigenvalue weighted by Crippen LogP contribution is -2.25. The van der Waals surface area contributed by atoms with Gasteiger partial charge in [-0.3, -0.25) is 9.59 Å². The fraction of sp³-hybridized carbons (Fsp3) is 0.467. The molecule has 2 atom stereocenters. The smallest absolute Gasteiger partial charge is 0.306 e. The summed E-state index contributed by atoms with van der Waals surface area (Å²) in [6, 6.07) is 5.78. The number of aliphatic carboxylic acids is 1. The van der Waals surface area contributed by atoms with Crippen molar-refractivity contribution < 1.29 is 14.7 Å². The second-order valence-electron chi connectivity index (χ2n) is 5.12. The average Bonchev–Trinajstić information content (AvgIpc) is 2.82. The minimum absolute atomic E-state index is 0.0698. The quantitative estimate of drug-likeness (QED) is 0.831. The Morgan fingerprint density at radius 1 is 1.11 bits per heavy atom. The van der Waals surface area contributed by atoms with Crippen molar-refractivity contribution in [1.29, 1.82) is 0 Å². The number of hydrogen-bond acceptors (Lipinski definition) is 2. The van der Waals surface area contributed by atoms with E-state index in [9.17, 15) is 9.59 Å². The molecule has 0 saturated heterocycles. The van der Waals surface area contributed by atoms with Crippen LogP contribution in [-0.4, -0.2) is 16.9 Å². The molecule has 0 amide bonds. The fourth-order valence-corrected chi connectivity index (χ4v) is 2.43. The summed E-state index contributed by atoms with van der Waals surface area (Å²) < 4.78 is 0. The third kappa shape index (κ3) is 2.30. The van der Waals surface area contributed by atoms with Crippen LogP contribution in [-0.2, 0) is 17.6 Å². The van der Waals surface area contributed by atoms with Gasteiger partial charge in [0.1, 0.15) is 0 Å². The lowest BCUT2D eigenvalue weighted by Gasteiger charge is -2.15. The Morgan fingerprint density at radius 3 is 2.44 bits per heavy atom. The third-order valence-corrected chi connectivity index (χ3v) is 3.94. The molecule has 0 fully saturated rings. The van der Waals surface area contributed by atoms with Crippen LogP contribution in [0, 0.1) is 11.8 Å². The number of ketones is 1. The zero-order valence-corrected chi connectivity index (χ0v) is 10.8.